The number of benzene rings is 4. The van der Waals surface area contributed by atoms with Crippen LogP contribution in [0.3, 0.4) is 0 Å². The summed E-state index contributed by atoms with van der Waals surface area (Å²) in [6.07, 6.45) is 6.17. The summed E-state index contributed by atoms with van der Waals surface area (Å²) in [5.74, 6) is 1.56. The van der Waals surface area contributed by atoms with Gasteiger partial charge in [-0.25, -0.2) is 0 Å². The van der Waals surface area contributed by atoms with Crippen LogP contribution >= 0.6 is 0 Å². The maximum atomic E-state index is 6.63. The van der Waals surface area contributed by atoms with Crippen LogP contribution in [0.5, 0.6) is 11.5 Å². The maximum Gasteiger partial charge on any atom is 0.148 e. The van der Waals surface area contributed by atoms with Crippen LogP contribution in [0.2, 0.25) is 0 Å². The Kier molecular flexibility index (Phi) is 10.8. The van der Waals surface area contributed by atoms with Crippen molar-refractivity contribution in [1.82, 2.24) is 19.8 Å². The van der Waals surface area contributed by atoms with Gasteiger partial charge in [-0.1, -0.05) is 131 Å². The number of aromatic nitrogens is 4. The SMILES string of the molecule is C=CCOc1c(Cc2cc(C(C)(C)CC(C)(C)C)cc(Nn3[nH]c4ccccc43)c2OCC=C)cc(C(C)(C)CC(C)(C)C)cc1Nn1[nH]c2ccccc21. The highest BCUT2D eigenvalue weighted by Crippen LogP contribution is 2.45. The fraction of sp³-hybridized carbons (Fsp3) is 0.404. The fourth-order valence-electron chi connectivity index (χ4n) is 8.47. The molecule has 4 aromatic carbocycles. The molecular formula is C47H62N6O2. The molecule has 0 fully saturated rings. The van der Waals surface area contributed by atoms with Gasteiger partial charge < -0.3 is 9.47 Å². The van der Waals surface area contributed by atoms with Crippen LogP contribution in [0.4, 0.5) is 11.4 Å². The summed E-state index contributed by atoms with van der Waals surface area (Å²) >= 11 is 0. The lowest BCUT2D eigenvalue weighted by Crippen LogP contribution is -2.26. The molecule has 55 heavy (non-hydrogen) atoms. The summed E-state index contributed by atoms with van der Waals surface area (Å²) in [5.41, 5.74) is 18.0. The zero-order chi connectivity index (χ0) is 39.8. The van der Waals surface area contributed by atoms with Gasteiger partial charge in [-0.05, 0) is 82.0 Å². The van der Waals surface area contributed by atoms with Crippen molar-refractivity contribution in [3.63, 3.8) is 0 Å². The lowest BCUT2D eigenvalue weighted by molar-refractivity contribution is 0.283. The van der Waals surface area contributed by atoms with E-state index in [1.807, 2.05) is 21.7 Å². The minimum Gasteiger partial charge on any atom is -0.487 e. The van der Waals surface area contributed by atoms with Gasteiger partial charge >= 0.3 is 0 Å². The van der Waals surface area contributed by atoms with Crippen molar-refractivity contribution in [1.29, 1.82) is 0 Å². The zero-order valence-corrected chi connectivity index (χ0v) is 34.7. The Morgan fingerprint density at radius 1 is 0.582 bits per heavy atom. The Bertz CT molecular complexity index is 2120. The van der Waals surface area contributed by atoms with Crippen molar-refractivity contribution >= 4 is 33.4 Å². The normalized spacial score (nSPS) is 12.7. The van der Waals surface area contributed by atoms with Crippen molar-refractivity contribution in [2.45, 2.75) is 99.3 Å². The van der Waals surface area contributed by atoms with Gasteiger partial charge in [0, 0.05) is 17.5 Å². The van der Waals surface area contributed by atoms with Gasteiger partial charge in [-0.15, -0.1) is 0 Å². The highest BCUT2D eigenvalue weighted by Gasteiger charge is 2.32. The lowest BCUT2D eigenvalue weighted by Gasteiger charge is -2.35. The molecule has 6 aromatic rings. The number of hydrogen-bond donors (Lipinski definition) is 4. The van der Waals surface area contributed by atoms with Crippen molar-refractivity contribution in [3.8, 4) is 11.5 Å². The van der Waals surface area contributed by atoms with Gasteiger partial charge in [0.15, 0.2) is 0 Å². The Morgan fingerprint density at radius 3 is 1.31 bits per heavy atom. The summed E-state index contributed by atoms with van der Waals surface area (Å²) in [4.78, 5) is 3.92. The average Bonchev–Trinajstić information content (AvgIpc) is 3.06. The van der Waals surface area contributed by atoms with Crippen molar-refractivity contribution in [2.75, 3.05) is 24.1 Å². The van der Waals surface area contributed by atoms with Crippen LogP contribution in [-0.2, 0) is 17.3 Å². The molecule has 4 N–H and O–H groups in total. The van der Waals surface area contributed by atoms with E-state index in [0.29, 0.717) is 19.6 Å². The minimum atomic E-state index is -0.136. The number of fused-ring (bicyclic) bond motifs is 2. The maximum absolute atomic E-state index is 6.63. The summed E-state index contributed by atoms with van der Waals surface area (Å²) in [6, 6.07) is 25.8. The largest absolute Gasteiger partial charge is 0.487 e. The molecular weight excluding hydrogens is 681 g/mol. The van der Waals surface area contributed by atoms with Gasteiger partial charge in [-0.3, -0.25) is 21.0 Å². The minimum absolute atomic E-state index is 0.121. The Hall–Kier alpha value is -5.24. The highest BCUT2D eigenvalue weighted by atomic mass is 16.5. The first-order valence-electron chi connectivity index (χ1n) is 19.5. The summed E-state index contributed by atoms with van der Waals surface area (Å²) in [7, 11) is 0. The molecule has 0 unspecified atom stereocenters. The second-order valence-electron chi connectivity index (χ2n) is 18.8. The van der Waals surface area contributed by atoms with Crippen LogP contribution in [-0.4, -0.2) is 33.0 Å². The molecule has 0 saturated heterocycles. The first-order valence-corrected chi connectivity index (χ1v) is 19.5. The number of H-pyrrole nitrogens is 2. The Balaban J connectivity index is 1.56. The smallest absolute Gasteiger partial charge is 0.148 e. The third-order valence-electron chi connectivity index (χ3n) is 10.1. The molecule has 0 bridgehead atoms. The first-order chi connectivity index (χ1) is 25.9. The summed E-state index contributed by atoms with van der Waals surface area (Å²) < 4.78 is 13.3. The van der Waals surface area contributed by atoms with Crippen molar-refractivity contribution in [2.24, 2.45) is 10.8 Å². The van der Waals surface area contributed by atoms with Gasteiger partial charge in [0.25, 0.3) is 0 Å². The molecule has 0 aliphatic carbocycles. The van der Waals surface area contributed by atoms with E-state index in [2.05, 4.69) is 164 Å². The second kappa shape index (κ2) is 15.1. The lowest BCUT2D eigenvalue weighted by atomic mass is 9.71. The summed E-state index contributed by atoms with van der Waals surface area (Å²) in [6.45, 7) is 32.0. The molecule has 0 spiro atoms. The molecule has 8 heteroatoms. The van der Waals surface area contributed by atoms with Crippen molar-refractivity contribution in [3.05, 3.63) is 120 Å². The number of ether oxygens (including phenoxy) is 2. The number of aromatic amines is 2. The molecule has 2 heterocycles. The van der Waals surface area contributed by atoms with Gasteiger partial charge in [0.2, 0.25) is 0 Å². The van der Waals surface area contributed by atoms with Gasteiger partial charge in [0.1, 0.15) is 35.7 Å². The number of nitrogens with one attached hydrogen (secondary N) is 4. The van der Waals surface area contributed by atoms with E-state index in [1.165, 1.54) is 11.1 Å². The number of para-hydroxylation sites is 4. The number of hydrogen-bond acceptors (Lipinski definition) is 4. The molecule has 0 aliphatic heterocycles. The van der Waals surface area contributed by atoms with Gasteiger partial charge in [0.05, 0.1) is 22.4 Å². The Labute approximate surface area is 327 Å². The molecule has 0 saturated carbocycles. The Morgan fingerprint density at radius 2 is 0.964 bits per heavy atom. The van der Waals surface area contributed by atoms with Crippen molar-refractivity contribution < 1.29 is 9.47 Å². The van der Waals surface area contributed by atoms with Crippen LogP contribution in [0.15, 0.2) is 98.1 Å². The van der Waals surface area contributed by atoms with E-state index >= 15 is 0 Å². The third-order valence-corrected chi connectivity index (χ3v) is 10.1. The summed E-state index contributed by atoms with van der Waals surface area (Å²) in [5, 5.41) is 6.88. The quantitative estimate of drug-likeness (QED) is 0.0744. The van der Waals surface area contributed by atoms with Gasteiger partial charge in [-0.2, -0.15) is 9.58 Å². The van der Waals surface area contributed by atoms with Crippen LogP contribution in [0, 0.1) is 10.8 Å². The molecule has 0 radical (unpaired) electrons. The van der Waals surface area contributed by atoms with Crippen LogP contribution < -0.4 is 20.3 Å². The highest BCUT2D eigenvalue weighted by molar-refractivity contribution is 5.79. The molecule has 0 atom stereocenters. The molecule has 292 valence electrons. The van der Waals surface area contributed by atoms with Crippen LogP contribution in [0.25, 0.3) is 22.1 Å². The predicted molar refractivity (Wildman–Crippen MR) is 232 cm³/mol. The standard InChI is InChI=1S/C47H62N6O2/c1-13-23-54-42-32(26-34(46(9,10)30-44(3,4)5)28-38(42)50-52-40-21-17-15-19-36(40)48-52)25-33-27-35(47(11,12)31-45(6,7)8)29-39(43(33)55-24-14-2)51-53-41-22-18-16-20-37(41)49-53/h13-22,26-29,48-51H,1-2,23-25,30-31H2,3-12H3. The van der Waals surface area contributed by atoms with Crippen LogP contribution in [0.1, 0.15) is 104 Å². The monoisotopic (exact) mass is 742 g/mol. The third kappa shape index (κ3) is 9.01. The first kappa shape index (κ1) is 39.5. The average molecular weight is 743 g/mol. The molecule has 0 amide bonds. The van der Waals surface area contributed by atoms with E-state index in [0.717, 1.165) is 68.9 Å². The fourth-order valence-corrected chi connectivity index (χ4v) is 8.47. The predicted octanol–water partition coefficient (Wildman–Crippen LogP) is 12.2. The van der Waals surface area contributed by atoms with E-state index < -0.39 is 0 Å². The van der Waals surface area contributed by atoms with E-state index in [1.54, 1.807) is 12.2 Å². The molecule has 2 aromatic heterocycles. The second-order valence-corrected chi connectivity index (χ2v) is 18.8. The van der Waals surface area contributed by atoms with E-state index in [4.69, 9.17) is 9.47 Å². The molecule has 0 aliphatic rings. The molecule has 6 rings (SSSR count). The topological polar surface area (TPSA) is 84.0 Å². The number of anilines is 2. The zero-order valence-electron chi connectivity index (χ0n) is 34.7. The van der Waals surface area contributed by atoms with E-state index in [9.17, 15) is 0 Å². The number of nitrogens with zero attached hydrogens (tertiary/aromatic N) is 2. The molecule has 8 nitrogen and oxygen atoms in total. The van der Waals surface area contributed by atoms with E-state index in [-0.39, 0.29) is 21.7 Å². The number of rotatable bonds is 16.